The van der Waals surface area contributed by atoms with Gasteiger partial charge in [0.05, 0.1) is 17.9 Å². The summed E-state index contributed by atoms with van der Waals surface area (Å²) >= 11 is 0. The average Bonchev–Trinajstić information content (AvgIpc) is 2.47. The third kappa shape index (κ3) is 1.98. The lowest BCUT2D eigenvalue weighted by atomic mass is 9.97. The highest BCUT2D eigenvalue weighted by Gasteiger charge is 2.43. The zero-order chi connectivity index (χ0) is 10.0. The molecule has 0 aromatic rings. The van der Waals surface area contributed by atoms with E-state index in [2.05, 4.69) is 0 Å². The van der Waals surface area contributed by atoms with Crippen molar-refractivity contribution < 1.29 is 24.5 Å². The third-order valence-electron chi connectivity index (χ3n) is 2.49. The summed E-state index contributed by atoms with van der Waals surface area (Å²) < 4.78 is 4.95. The maximum Gasteiger partial charge on any atom is 0.307 e. The molecule has 2 N–H and O–H groups in total. The normalized spacial score (nSPS) is 33.2. The number of carboxylic acid groups (broad SMARTS) is 2. The van der Waals surface area contributed by atoms with Crippen LogP contribution in [0.5, 0.6) is 0 Å². The molecule has 13 heavy (non-hydrogen) atoms. The Morgan fingerprint density at radius 2 is 1.54 bits per heavy atom. The Kier molecular flexibility index (Phi) is 2.87. The standard InChI is InChI=1S/C8H12O5/c1-13-4-2-5(7(9)10)6(3-4)8(11)12/h4-6H,2-3H2,1H3,(H,9,10)(H,11,12). The predicted molar refractivity (Wildman–Crippen MR) is 42.3 cm³/mol. The average molecular weight is 188 g/mol. The van der Waals surface area contributed by atoms with Crippen LogP contribution in [0.25, 0.3) is 0 Å². The summed E-state index contributed by atoms with van der Waals surface area (Å²) in [7, 11) is 1.47. The lowest BCUT2D eigenvalue weighted by molar-refractivity contribution is -0.152. The van der Waals surface area contributed by atoms with Gasteiger partial charge in [0.25, 0.3) is 0 Å². The Labute approximate surface area is 75.3 Å². The van der Waals surface area contributed by atoms with E-state index in [0.29, 0.717) is 12.8 Å². The maximum atomic E-state index is 10.7. The number of carboxylic acids is 2. The minimum Gasteiger partial charge on any atom is -0.481 e. The molecule has 0 amide bonds. The van der Waals surface area contributed by atoms with Gasteiger partial charge < -0.3 is 14.9 Å². The van der Waals surface area contributed by atoms with Crippen LogP contribution in [-0.4, -0.2) is 35.4 Å². The number of aliphatic carboxylic acids is 2. The Hall–Kier alpha value is -1.10. The number of hydrogen-bond donors (Lipinski definition) is 2. The van der Waals surface area contributed by atoms with E-state index in [9.17, 15) is 9.59 Å². The molecule has 0 bridgehead atoms. The molecule has 0 spiro atoms. The molecular formula is C8H12O5. The second-order valence-electron chi connectivity index (χ2n) is 3.22. The summed E-state index contributed by atoms with van der Waals surface area (Å²) in [5.41, 5.74) is 0. The van der Waals surface area contributed by atoms with E-state index in [-0.39, 0.29) is 6.10 Å². The van der Waals surface area contributed by atoms with Crippen molar-refractivity contribution >= 4 is 11.9 Å². The Morgan fingerprint density at radius 3 is 1.77 bits per heavy atom. The van der Waals surface area contributed by atoms with E-state index in [4.69, 9.17) is 14.9 Å². The molecule has 5 nitrogen and oxygen atoms in total. The summed E-state index contributed by atoms with van der Waals surface area (Å²) in [6.45, 7) is 0. The lowest BCUT2D eigenvalue weighted by Crippen LogP contribution is -2.24. The third-order valence-corrected chi connectivity index (χ3v) is 2.49. The number of carbonyl (C=O) groups is 2. The van der Waals surface area contributed by atoms with Crippen molar-refractivity contribution in [3.8, 4) is 0 Å². The monoisotopic (exact) mass is 188 g/mol. The maximum absolute atomic E-state index is 10.7. The lowest BCUT2D eigenvalue weighted by Gasteiger charge is -2.08. The van der Waals surface area contributed by atoms with Crippen molar-refractivity contribution in [3.05, 3.63) is 0 Å². The second-order valence-corrected chi connectivity index (χ2v) is 3.22. The van der Waals surface area contributed by atoms with Gasteiger partial charge in [-0.2, -0.15) is 0 Å². The van der Waals surface area contributed by atoms with Crippen molar-refractivity contribution in [1.82, 2.24) is 0 Å². The largest absolute Gasteiger partial charge is 0.481 e. The molecule has 1 aliphatic rings. The second kappa shape index (κ2) is 3.74. The minimum atomic E-state index is -1.05. The van der Waals surface area contributed by atoms with Crippen molar-refractivity contribution in [3.63, 3.8) is 0 Å². The van der Waals surface area contributed by atoms with Crippen LogP contribution in [0.1, 0.15) is 12.8 Å². The van der Waals surface area contributed by atoms with Crippen LogP contribution in [0, 0.1) is 11.8 Å². The molecule has 5 heteroatoms. The number of methoxy groups -OCH3 is 1. The first-order chi connectivity index (χ1) is 6.06. The van der Waals surface area contributed by atoms with Gasteiger partial charge >= 0.3 is 11.9 Å². The van der Waals surface area contributed by atoms with Gasteiger partial charge in [0.1, 0.15) is 0 Å². The Balaban J connectivity index is 2.71. The molecule has 1 aliphatic carbocycles. The smallest absolute Gasteiger partial charge is 0.307 e. The van der Waals surface area contributed by atoms with Crippen molar-refractivity contribution in [1.29, 1.82) is 0 Å². The molecule has 1 rings (SSSR count). The van der Waals surface area contributed by atoms with Gasteiger partial charge in [-0.3, -0.25) is 9.59 Å². The molecule has 0 aliphatic heterocycles. The summed E-state index contributed by atoms with van der Waals surface area (Å²) in [5.74, 6) is -3.70. The van der Waals surface area contributed by atoms with Crippen LogP contribution in [0.4, 0.5) is 0 Å². The Morgan fingerprint density at radius 1 is 1.15 bits per heavy atom. The molecule has 0 aromatic carbocycles. The zero-order valence-electron chi connectivity index (χ0n) is 7.27. The number of rotatable bonds is 3. The van der Waals surface area contributed by atoms with Gasteiger partial charge in [0.15, 0.2) is 0 Å². The van der Waals surface area contributed by atoms with Gasteiger partial charge in [0.2, 0.25) is 0 Å². The van der Waals surface area contributed by atoms with Gasteiger partial charge in [-0.25, -0.2) is 0 Å². The van der Waals surface area contributed by atoms with Crippen molar-refractivity contribution in [2.75, 3.05) is 7.11 Å². The van der Waals surface area contributed by atoms with Crippen LogP contribution in [0.2, 0.25) is 0 Å². The molecule has 2 atom stereocenters. The van der Waals surface area contributed by atoms with E-state index in [0.717, 1.165) is 0 Å². The first kappa shape index (κ1) is 9.98. The van der Waals surface area contributed by atoms with Gasteiger partial charge in [-0.15, -0.1) is 0 Å². The first-order valence-corrected chi connectivity index (χ1v) is 4.04. The fraction of sp³-hybridized carbons (Fsp3) is 0.750. The molecule has 0 saturated heterocycles. The number of hydrogen-bond acceptors (Lipinski definition) is 3. The highest BCUT2D eigenvalue weighted by atomic mass is 16.5. The van der Waals surface area contributed by atoms with E-state index < -0.39 is 23.8 Å². The predicted octanol–water partition coefficient (Wildman–Crippen LogP) is 0.197. The van der Waals surface area contributed by atoms with Gasteiger partial charge in [0, 0.05) is 7.11 Å². The summed E-state index contributed by atoms with van der Waals surface area (Å²) in [6.07, 6.45) is 0.355. The molecule has 0 aromatic heterocycles. The molecule has 1 fully saturated rings. The minimum absolute atomic E-state index is 0.234. The Bertz CT molecular complexity index is 203. The molecule has 0 heterocycles. The highest BCUT2D eigenvalue weighted by Crippen LogP contribution is 2.33. The summed E-state index contributed by atoms with van der Waals surface area (Å²) in [4.78, 5) is 21.3. The molecular weight excluding hydrogens is 176 g/mol. The summed E-state index contributed by atoms with van der Waals surface area (Å²) in [6, 6.07) is 0. The van der Waals surface area contributed by atoms with Crippen LogP contribution in [0.3, 0.4) is 0 Å². The van der Waals surface area contributed by atoms with E-state index in [1.165, 1.54) is 7.11 Å². The topological polar surface area (TPSA) is 83.8 Å². The fourth-order valence-corrected chi connectivity index (χ4v) is 1.73. The molecule has 0 radical (unpaired) electrons. The SMILES string of the molecule is COC1CC(C(=O)O)C(C(=O)O)C1. The van der Waals surface area contributed by atoms with Crippen LogP contribution >= 0.6 is 0 Å². The molecule has 2 unspecified atom stereocenters. The van der Waals surface area contributed by atoms with Crippen molar-refractivity contribution in [2.24, 2.45) is 11.8 Å². The van der Waals surface area contributed by atoms with Crippen LogP contribution < -0.4 is 0 Å². The molecule has 1 saturated carbocycles. The fourth-order valence-electron chi connectivity index (χ4n) is 1.73. The molecule has 74 valence electrons. The quantitative estimate of drug-likeness (QED) is 0.660. The van der Waals surface area contributed by atoms with Crippen LogP contribution in [-0.2, 0) is 14.3 Å². The first-order valence-electron chi connectivity index (χ1n) is 4.04. The summed E-state index contributed by atoms with van der Waals surface area (Å²) in [5, 5.41) is 17.5. The number of ether oxygens (including phenoxy) is 1. The zero-order valence-corrected chi connectivity index (χ0v) is 7.27. The van der Waals surface area contributed by atoms with Crippen molar-refractivity contribution in [2.45, 2.75) is 18.9 Å². The highest BCUT2D eigenvalue weighted by molar-refractivity contribution is 5.80. The van der Waals surface area contributed by atoms with Gasteiger partial charge in [-0.05, 0) is 12.8 Å². The van der Waals surface area contributed by atoms with E-state index in [1.807, 2.05) is 0 Å². The van der Waals surface area contributed by atoms with Gasteiger partial charge in [-0.1, -0.05) is 0 Å². The van der Waals surface area contributed by atoms with Crippen LogP contribution in [0.15, 0.2) is 0 Å². The van der Waals surface area contributed by atoms with E-state index in [1.54, 1.807) is 0 Å². The van der Waals surface area contributed by atoms with E-state index >= 15 is 0 Å².